The standard InChI is InChI=1S/C13H19N5O2/c1-4-14-9(2)5-6-11-17-13(18-20-11)10-7-12(19-3)16-8-15-10/h7-9,14H,4-6H2,1-3H3. The summed E-state index contributed by atoms with van der Waals surface area (Å²) in [7, 11) is 1.55. The van der Waals surface area contributed by atoms with E-state index in [1.54, 1.807) is 13.2 Å². The van der Waals surface area contributed by atoms with Crippen LogP contribution in [0.2, 0.25) is 0 Å². The first-order valence-corrected chi connectivity index (χ1v) is 6.65. The molecule has 0 saturated carbocycles. The monoisotopic (exact) mass is 277 g/mol. The first-order chi connectivity index (χ1) is 9.72. The van der Waals surface area contributed by atoms with Crippen molar-refractivity contribution in [2.75, 3.05) is 13.7 Å². The molecule has 0 radical (unpaired) electrons. The highest BCUT2D eigenvalue weighted by Gasteiger charge is 2.12. The molecule has 0 aliphatic heterocycles. The lowest BCUT2D eigenvalue weighted by Crippen LogP contribution is -2.25. The second-order valence-electron chi connectivity index (χ2n) is 4.45. The molecule has 0 aromatic carbocycles. The van der Waals surface area contributed by atoms with E-state index in [2.05, 4.69) is 39.3 Å². The lowest BCUT2D eigenvalue weighted by atomic mass is 10.2. The zero-order valence-electron chi connectivity index (χ0n) is 12.0. The molecule has 2 aromatic heterocycles. The Labute approximate surface area is 117 Å². The molecule has 2 aromatic rings. The number of aromatic nitrogens is 4. The van der Waals surface area contributed by atoms with Gasteiger partial charge in [0.25, 0.3) is 0 Å². The first-order valence-electron chi connectivity index (χ1n) is 6.65. The maximum atomic E-state index is 5.23. The van der Waals surface area contributed by atoms with Gasteiger partial charge in [0.1, 0.15) is 12.0 Å². The summed E-state index contributed by atoms with van der Waals surface area (Å²) in [6, 6.07) is 2.10. The zero-order chi connectivity index (χ0) is 14.4. The highest BCUT2D eigenvalue weighted by Crippen LogP contribution is 2.17. The van der Waals surface area contributed by atoms with Crippen molar-refractivity contribution in [3.8, 4) is 17.4 Å². The highest BCUT2D eigenvalue weighted by atomic mass is 16.5. The van der Waals surface area contributed by atoms with Crippen molar-refractivity contribution >= 4 is 0 Å². The molecule has 0 spiro atoms. The number of hydrogen-bond acceptors (Lipinski definition) is 7. The van der Waals surface area contributed by atoms with Crippen molar-refractivity contribution in [2.24, 2.45) is 0 Å². The number of methoxy groups -OCH3 is 1. The Morgan fingerprint density at radius 2 is 2.25 bits per heavy atom. The third-order valence-electron chi connectivity index (χ3n) is 2.89. The second kappa shape index (κ2) is 6.95. The van der Waals surface area contributed by atoms with Crippen LogP contribution in [0.25, 0.3) is 11.5 Å². The normalized spacial score (nSPS) is 12.3. The molecule has 0 fully saturated rings. The van der Waals surface area contributed by atoms with E-state index in [0.29, 0.717) is 29.3 Å². The van der Waals surface area contributed by atoms with Crippen LogP contribution in [0.15, 0.2) is 16.9 Å². The quantitative estimate of drug-likeness (QED) is 0.820. The van der Waals surface area contributed by atoms with Crippen LogP contribution in [0, 0.1) is 0 Å². The van der Waals surface area contributed by atoms with E-state index in [0.717, 1.165) is 19.4 Å². The number of nitrogens with one attached hydrogen (secondary N) is 1. The summed E-state index contributed by atoms with van der Waals surface area (Å²) in [5.41, 5.74) is 0.589. The lowest BCUT2D eigenvalue weighted by Gasteiger charge is -2.09. The molecule has 1 atom stereocenters. The minimum atomic E-state index is 0.425. The fourth-order valence-corrected chi connectivity index (χ4v) is 1.82. The van der Waals surface area contributed by atoms with Gasteiger partial charge in [-0.05, 0) is 19.9 Å². The van der Waals surface area contributed by atoms with Crippen molar-refractivity contribution in [3.63, 3.8) is 0 Å². The Balaban J connectivity index is 2.01. The molecule has 108 valence electrons. The molecular formula is C13H19N5O2. The lowest BCUT2D eigenvalue weighted by molar-refractivity contribution is 0.367. The van der Waals surface area contributed by atoms with Gasteiger partial charge < -0.3 is 14.6 Å². The van der Waals surface area contributed by atoms with Gasteiger partial charge in [0, 0.05) is 18.5 Å². The molecule has 0 amide bonds. The fraction of sp³-hybridized carbons (Fsp3) is 0.538. The van der Waals surface area contributed by atoms with Gasteiger partial charge >= 0.3 is 0 Å². The molecule has 7 nitrogen and oxygen atoms in total. The SMILES string of the molecule is CCNC(C)CCc1nc(-c2cc(OC)ncn2)no1. The van der Waals surface area contributed by atoms with E-state index in [1.165, 1.54) is 6.33 Å². The van der Waals surface area contributed by atoms with Crippen LogP contribution in [-0.2, 0) is 6.42 Å². The number of nitrogens with zero attached hydrogens (tertiary/aromatic N) is 4. The minimum Gasteiger partial charge on any atom is -0.481 e. The van der Waals surface area contributed by atoms with Crippen LogP contribution in [-0.4, -0.2) is 39.8 Å². The molecule has 2 rings (SSSR count). The van der Waals surface area contributed by atoms with E-state index >= 15 is 0 Å². The smallest absolute Gasteiger partial charge is 0.227 e. The summed E-state index contributed by atoms with van der Waals surface area (Å²) in [6.07, 6.45) is 3.10. The Hall–Kier alpha value is -2.02. The van der Waals surface area contributed by atoms with Crippen LogP contribution in [0.3, 0.4) is 0 Å². The molecule has 7 heteroatoms. The van der Waals surface area contributed by atoms with Crippen molar-refractivity contribution in [1.29, 1.82) is 0 Å². The number of ether oxygens (including phenoxy) is 1. The number of hydrogen-bond donors (Lipinski definition) is 1. The van der Waals surface area contributed by atoms with Crippen LogP contribution in [0.4, 0.5) is 0 Å². The van der Waals surface area contributed by atoms with Crippen LogP contribution >= 0.6 is 0 Å². The molecule has 20 heavy (non-hydrogen) atoms. The number of rotatable bonds is 7. The predicted octanol–water partition coefficient (Wildman–Crippen LogP) is 1.47. The second-order valence-corrected chi connectivity index (χ2v) is 4.45. The average molecular weight is 277 g/mol. The van der Waals surface area contributed by atoms with Gasteiger partial charge in [-0.25, -0.2) is 9.97 Å². The van der Waals surface area contributed by atoms with Gasteiger partial charge in [0.05, 0.1) is 7.11 Å². The van der Waals surface area contributed by atoms with Crippen molar-refractivity contribution in [3.05, 3.63) is 18.3 Å². The molecule has 2 heterocycles. The van der Waals surface area contributed by atoms with E-state index in [-0.39, 0.29) is 0 Å². The summed E-state index contributed by atoms with van der Waals surface area (Å²) in [5.74, 6) is 1.54. The molecule has 1 N–H and O–H groups in total. The summed E-state index contributed by atoms with van der Waals surface area (Å²) in [6.45, 7) is 5.18. The average Bonchev–Trinajstić information content (AvgIpc) is 2.94. The van der Waals surface area contributed by atoms with Crippen LogP contribution in [0.1, 0.15) is 26.2 Å². The Morgan fingerprint density at radius 1 is 1.40 bits per heavy atom. The summed E-state index contributed by atoms with van der Waals surface area (Å²) in [5, 5.41) is 7.28. The summed E-state index contributed by atoms with van der Waals surface area (Å²) in [4.78, 5) is 12.4. The topological polar surface area (TPSA) is 86.0 Å². The van der Waals surface area contributed by atoms with E-state index in [9.17, 15) is 0 Å². The molecule has 0 saturated heterocycles. The van der Waals surface area contributed by atoms with Gasteiger partial charge in [0.2, 0.25) is 17.6 Å². The third kappa shape index (κ3) is 3.74. The zero-order valence-corrected chi connectivity index (χ0v) is 12.0. The Morgan fingerprint density at radius 3 is 3.00 bits per heavy atom. The molecule has 0 aliphatic rings. The molecule has 0 aliphatic carbocycles. The van der Waals surface area contributed by atoms with Crippen LogP contribution in [0.5, 0.6) is 5.88 Å². The van der Waals surface area contributed by atoms with E-state index in [1.807, 2.05) is 0 Å². The maximum absolute atomic E-state index is 5.23. The maximum Gasteiger partial charge on any atom is 0.227 e. The van der Waals surface area contributed by atoms with Gasteiger partial charge in [-0.3, -0.25) is 0 Å². The van der Waals surface area contributed by atoms with Crippen molar-refractivity contribution in [1.82, 2.24) is 25.4 Å². The fourth-order valence-electron chi connectivity index (χ4n) is 1.82. The summed E-state index contributed by atoms with van der Waals surface area (Å²) >= 11 is 0. The van der Waals surface area contributed by atoms with E-state index < -0.39 is 0 Å². The minimum absolute atomic E-state index is 0.425. The van der Waals surface area contributed by atoms with Gasteiger partial charge in [-0.15, -0.1) is 0 Å². The molecular weight excluding hydrogens is 258 g/mol. The highest BCUT2D eigenvalue weighted by molar-refractivity contribution is 5.49. The van der Waals surface area contributed by atoms with Crippen molar-refractivity contribution in [2.45, 2.75) is 32.7 Å². The number of aryl methyl sites for hydroxylation is 1. The van der Waals surface area contributed by atoms with Gasteiger partial charge in [-0.1, -0.05) is 12.1 Å². The van der Waals surface area contributed by atoms with Crippen molar-refractivity contribution < 1.29 is 9.26 Å². The summed E-state index contributed by atoms with van der Waals surface area (Å²) < 4.78 is 10.3. The first kappa shape index (κ1) is 14.4. The van der Waals surface area contributed by atoms with E-state index in [4.69, 9.17) is 9.26 Å². The van der Waals surface area contributed by atoms with Gasteiger partial charge in [-0.2, -0.15) is 4.98 Å². The predicted molar refractivity (Wildman–Crippen MR) is 73.3 cm³/mol. The Kier molecular flexibility index (Phi) is 5.00. The van der Waals surface area contributed by atoms with Gasteiger partial charge in [0.15, 0.2) is 0 Å². The Bertz CT molecular complexity index is 543. The third-order valence-corrected chi connectivity index (χ3v) is 2.89. The van der Waals surface area contributed by atoms with Crippen LogP contribution < -0.4 is 10.1 Å². The molecule has 0 bridgehead atoms. The molecule has 1 unspecified atom stereocenters. The largest absolute Gasteiger partial charge is 0.481 e.